The lowest BCUT2D eigenvalue weighted by Gasteiger charge is -2.40. The fourth-order valence-electron chi connectivity index (χ4n) is 3.59. The molecule has 0 aliphatic carbocycles. The quantitative estimate of drug-likeness (QED) is 0.133. The molecule has 1 aliphatic heterocycles. The highest BCUT2D eigenvalue weighted by Gasteiger charge is 2.44. The summed E-state index contributed by atoms with van der Waals surface area (Å²) in [5.74, 6) is -0.214. The minimum atomic E-state index is -1.56. The second-order valence-electron chi connectivity index (χ2n) is 8.77. The molecule has 0 saturated carbocycles. The van der Waals surface area contributed by atoms with Gasteiger partial charge in [0.1, 0.15) is 24.4 Å². The molecule has 1 saturated heterocycles. The first-order valence-corrected chi connectivity index (χ1v) is 12.6. The van der Waals surface area contributed by atoms with Crippen LogP contribution in [0.4, 0.5) is 0 Å². The molecule has 1 rings (SSSR count). The fourth-order valence-corrected chi connectivity index (χ4v) is 3.59. The number of amides is 1. The van der Waals surface area contributed by atoms with Gasteiger partial charge in [-0.25, -0.2) is 0 Å². The molecule has 6 N–H and O–H groups in total. The molecule has 9 nitrogen and oxygen atoms in total. The van der Waals surface area contributed by atoms with Crippen molar-refractivity contribution in [1.29, 1.82) is 0 Å². The van der Waals surface area contributed by atoms with Crippen molar-refractivity contribution in [3.05, 3.63) is 24.3 Å². The van der Waals surface area contributed by atoms with E-state index in [1.165, 1.54) is 0 Å². The summed E-state index contributed by atoms with van der Waals surface area (Å²) in [7, 11) is 0. The lowest BCUT2D eigenvalue weighted by molar-refractivity contribution is -0.302. The topological polar surface area (TPSA) is 149 Å². The first kappa shape index (κ1) is 30.7. The van der Waals surface area contributed by atoms with Crippen molar-refractivity contribution in [3.63, 3.8) is 0 Å². The summed E-state index contributed by atoms with van der Waals surface area (Å²) in [6.45, 7) is 3.44. The number of ether oxygens (including phenoxy) is 2. The van der Waals surface area contributed by atoms with Crippen molar-refractivity contribution in [3.8, 4) is 0 Å². The number of hydrogen-bond acceptors (Lipinski definition) is 8. The van der Waals surface area contributed by atoms with E-state index in [-0.39, 0.29) is 12.5 Å². The predicted molar refractivity (Wildman–Crippen MR) is 129 cm³/mol. The number of aliphatic hydroxyl groups is 5. The Bertz CT molecular complexity index is 597. The van der Waals surface area contributed by atoms with Crippen molar-refractivity contribution in [2.45, 2.75) is 114 Å². The van der Waals surface area contributed by atoms with Crippen molar-refractivity contribution in [2.24, 2.45) is 0 Å². The normalized spacial score (nSPS) is 27.3. The van der Waals surface area contributed by atoms with E-state index in [4.69, 9.17) is 9.47 Å². The Balaban J connectivity index is 2.71. The van der Waals surface area contributed by atoms with Gasteiger partial charge in [-0.2, -0.15) is 0 Å². The van der Waals surface area contributed by atoms with E-state index in [1.807, 2.05) is 6.08 Å². The SMILES string of the molecule is CCC/C=C/CC/C=C/C(O)C(COC1OC(CO)C(O)C(O)C1O)NC(=O)CCCCCC. The molecule has 7 unspecified atom stereocenters. The van der Waals surface area contributed by atoms with E-state index in [2.05, 4.69) is 31.3 Å². The smallest absolute Gasteiger partial charge is 0.220 e. The third-order valence-electron chi connectivity index (χ3n) is 5.76. The maximum atomic E-state index is 12.4. The van der Waals surface area contributed by atoms with Gasteiger partial charge in [0.05, 0.1) is 25.4 Å². The standard InChI is InChI=1S/C25H45NO8/c1-3-5-7-9-10-11-12-14-19(28)18(26-21(29)15-13-8-6-4-2)17-33-25-24(32)23(31)22(30)20(16-27)34-25/h7,9,12,14,18-20,22-25,27-28,30-32H,3-6,8,10-11,13,15-17H2,1-2H3,(H,26,29)/b9-7+,14-12+. The second-order valence-corrected chi connectivity index (χ2v) is 8.77. The van der Waals surface area contributed by atoms with Gasteiger partial charge >= 0.3 is 0 Å². The van der Waals surface area contributed by atoms with Crippen LogP contribution in [-0.2, 0) is 14.3 Å². The largest absolute Gasteiger partial charge is 0.394 e. The molecule has 7 atom stereocenters. The van der Waals surface area contributed by atoms with Gasteiger partial charge in [0.25, 0.3) is 0 Å². The van der Waals surface area contributed by atoms with E-state index < -0.39 is 49.5 Å². The van der Waals surface area contributed by atoms with Gasteiger partial charge in [-0.15, -0.1) is 0 Å². The van der Waals surface area contributed by atoms with E-state index in [0.29, 0.717) is 6.42 Å². The zero-order valence-electron chi connectivity index (χ0n) is 20.6. The maximum Gasteiger partial charge on any atom is 0.220 e. The highest BCUT2D eigenvalue weighted by atomic mass is 16.7. The number of unbranched alkanes of at least 4 members (excludes halogenated alkanes) is 5. The summed E-state index contributed by atoms with van der Waals surface area (Å²) >= 11 is 0. The monoisotopic (exact) mass is 487 g/mol. The molecule has 34 heavy (non-hydrogen) atoms. The van der Waals surface area contributed by atoms with E-state index >= 15 is 0 Å². The lowest BCUT2D eigenvalue weighted by atomic mass is 9.99. The van der Waals surface area contributed by atoms with E-state index in [0.717, 1.165) is 51.4 Å². The molecule has 1 fully saturated rings. The Morgan fingerprint density at radius 1 is 0.971 bits per heavy atom. The summed E-state index contributed by atoms with van der Waals surface area (Å²) in [5, 5.41) is 52.8. The molecule has 198 valence electrons. The fraction of sp³-hybridized carbons (Fsp3) is 0.800. The molecule has 1 aliphatic rings. The zero-order chi connectivity index (χ0) is 25.3. The number of allylic oxidation sites excluding steroid dienone is 3. The number of hydrogen-bond donors (Lipinski definition) is 6. The number of nitrogens with one attached hydrogen (secondary N) is 1. The Hall–Kier alpha value is -1.33. The van der Waals surface area contributed by atoms with Crippen LogP contribution in [0.2, 0.25) is 0 Å². The molecule has 1 heterocycles. The molecule has 0 aromatic carbocycles. The third-order valence-corrected chi connectivity index (χ3v) is 5.76. The minimum Gasteiger partial charge on any atom is -0.394 e. The van der Waals surface area contributed by atoms with Crippen LogP contribution in [-0.4, -0.2) is 87.5 Å². The lowest BCUT2D eigenvalue weighted by Crippen LogP contribution is -2.60. The Kier molecular flexibility index (Phi) is 16.3. The van der Waals surface area contributed by atoms with Crippen molar-refractivity contribution in [2.75, 3.05) is 13.2 Å². The number of carbonyl (C=O) groups excluding carboxylic acids is 1. The Morgan fingerprint density at radius 3 is 2.35 bits per heavy atom. The molecular formula is C25H45NO8. The molecule has 0 aromatic rings. The Morgan fingerprint density at radius 2 is 1.68 bits per heavy atom. The Labute approximate surface area is 203 Å². The van der Waals surface area contributed by atoms with Crippen molar-refractivity contribution < 1.29 is 39.8 Å². The summed E-state index contributed by atoms with van der Waals surface area (Å²) in [6.07, 6.45) is 7.45. The van der Waals surface area contributed by atoms with E-state index in [9.17, 15) is 30.3 Å². The van der Waals surface area contributed by atoms with Crippen molar-refractivity contribution in [1.82, 2.24) is 5.32 Å². The molecule has 0 radical (unpaired) electrons. The summed E-state index contributed by atoms with van der Waals surface area (Å²) in [5.41, 5.74) is 0. The van der Waals surface area contributed by atoms with Gasteiger partial charge in [0, 0.05) is 6.42 Å². The first-order chi connectivity index (χ1) is 16.3. The van der Waals surface area contributed by atoms with Crippen LogP contribution in [0.5, 0.6) is 0 Å². The molecule has 0 bridgehead atoms. The average molecular weight is 488 g/mol. The van der Waals surface area contributed by atoms with Crippen LogP contribution in [0.15, 0.2) is 24.3 Å². The van der Waals surface area contributed by atoms with Gasteiger partial charge in [0.15, 0.2) is 6.29 Å². The number of rotatable bonds is 17. The van der Waals surface area contributed by atoms with Crippen LogP contribution in [0.1, 0.15) is 71.6 Å². The zero-order valence-corrected chi connectivity index (χ0v) is 20.6. The van der Waals surface area contributed by atoms with Crippen LogP contribution in [0.3, 0.4) is 0 Å². The maximum absolute atomic E-state index is 12.4. The van der Waals surface area contributed by atoms with Gasteiger partial charge in [-0.05, 0) is 25.7 Å². The molecule has 9 heteroatoms. The summed E-state index contributed by atoms with van der Waals surface area (Å²) < 4.78 is 10.9. The van der Waals surface area contributed by atoms with Gasteiger partial charge in [-0.1, -0.05) is 63.8 Å². The summed E-state index contributed by atoms with van der Waals surface area (Å²) in [4.78, 5) is 12.4. The molecular weight excluding hydrogens is 442 g/mol. The van der Waals surface area contributed by atoms with Gasteiger partial charge in [-0.3, -0.25) is 4.79 Å². The second kappa shape index (κ2) is 18.0. The highest BCUT2D eigenvalue weighted by Crippen LogP contribution is 2.22. The number of aliphatic hydroxyl groups excluding tert-OH is 5. The van der Waals surface area contributed by atoms with Crippen LogP contribution < -0.4 is 5.32 Å². The summed E-state index contributed by atoms with van der Waals surface area (Å²) in [6, 6.07) is -0.807. The highest BCUT2D eigenvalue weighted by molar-refractivity contribution is 5.76. The molecule has 1 amide bonds. The first-order valence-electron chi connectivity index (χ1n) is 12.6. The van der Waals surface area contributed by atoms with Crippen LogP contribution in [0, 0.1) is 0 Å². The van der Waals surface area contributed by atoms with Gasteiger partial charge in [0.2, 0.25) is 5.91 Å². The predicted octanol–water partition coefficient (Wildman–Crippen LogP) is 1.31. The van der Waals surface area contributed by atoms with Crippen LogP contribution in [0.25, 0.3) is 0 Å². The minimum absolute atomic E-state index is 0.203. The number of carbonyl (C=O) groups is 1. The molecule has 0 spiro atoms. The van der Waals surface area contributed by atoms with Crippen molar-refractivity contribution >= 4 is 5.91 Å². The van der Waals surface area contributed by atoms with Gasteiger partial charge < -0.3 is 40.3 Å². The van der Waals surface area contributed by atoms with E-state index in [1.54, 1.807) is 6.08 Å². The van der Waals surface area contributed by atoms with Crippen LogP contribution >= 0.6 is 0 Å². The molecule has 0 aromatic heterocycles. The average Bonchev–Trinajstić information content (AvgIpc) is 2.83. The third kappa shape index (κ3) is 11.4.